The molecular weight excluding hydrogens is 240 g/mol. The molecule has 0 spiro atoms. The number of hydrogen-bond acceptors (Lipinski definition) is 4. The van der Waals surface area contributed by atoms with Gasteiger partial charge in [-0.1, -0.05) is 13.8 Å². The smallest absolute Gasteiger partial charge is 0.233 e. The van der Waals surface area contributed by atoms with Crippen molar-refractivity contribution >= 4 is 21.4 Å². The van der Waals surface area contributed by atoms with Crippen molar-refractivity contribution in [3.8, 4) is 5.75 Å². The lowest BCUT2D eigenvalue weighted by Crippen LogP contribution is -2.20. The van der Waals surface area contributed by atoms with Gasteiger partial charge in [-0.05, 0) is 18.1 Å². The van der Waals surface area contributed by atoms with E-state index in [2.05, 4.69) is 4.72 Å². The minimum Gasteiger partial charge on any atom is -0.497 e. The van der Waals surface area contributed by atoms with Gasteiger partial charge in [0.05, 0.1) is 24.2 Å². The van der Waals surface area contributed by atoms with Crippen molar-refractivity contribution in [2.75, 3.05) is 23.3 Å². The van der Waals surface area contributed by atoms with E-state index < -0.39 is 10.0 Å². The van der Waals surface area contributed by atoms with Crippen LogP contribution in [0.4, 0.5) is 11.4 Å². The molecule has 96 valence electrons. The van der Waals surface area contributed by atoms with E-state index in [9.17, 15) is 8.42 Å². The maximum Gasteiger partial charge on any atom is 0.233 e. The zero-order valence-electron chi connectivity index (χ0n) is 10.2. The van der Waals surface area contributed by atoms with Crippen LogP contribution in [0.25, 0.3) is 0 Å². The van der Waals surface area contributed by atoms with Gasteiger partial charge in [-0.15, -0.1) is 0 Å². The van der Waals surface area contributed by atoms with Crippen molar-refractivity contribution in [3.63, 3.8) is 0 Å². The quantitative estimate of drug-likeness (QED) is 0.787. The molecule has 0 aliphatic carbocycles. The first kappa shape index (κ1) is 13.6. The van der Waals surface area contributed by atoms with Gasteiger partial charge in [0.15, 0.2) is 0 Å². The number of sulfonamides is 1. The molecule has 0 amide bonds. The van der Waals surface area contributed by atoms with Crippen molar-refractivity contribution in [2.24, 2.45) is 5.92 Å². The highest BCUT2D eigenvalue weighted by molar-refractivity contribution is 7.92. The van der Waals surface area contributed by atoms with E-state index in [1.807, 2.05) is 13.8 Å². The van der Waals surface area contributed by atoms with Gasteiger partial charge in [-0.3, -0.25) is 4.72 Å². The van der Waals surface area contributed by atoms with Gasteiger partial charge in [0.2, 0.25) is 10.0 Å². The van der Waals surface area contributed by atoms with Crippen molar-refractivity contribution in [2.45, 2.75) is 13.8 Å². The van der Waals surface area contributed by atoms with Gasteiger partial charge in [-0.2, -0.15) is 0 Å². The molecule has 0 unspecified atom stereocenters. The fourth-order valence-electron chi connectivity index (χ4n) is 1.41. The van der Waals surface area contributed by atoms with E-state index >= 15 is 0 Å². The first-order valence-electron chi connectivity index (χ1n) is 5.28. The van der Waals surface area contributed by atoms with Crippen LogP contribution in [0.15, 0.2) is 18.2 Å². The monoisotopic (exact) mass is 258 g/mol. The highest BCUT2D eigenvalue weighted by Gasteiger charge is 2.14. The number of anilines is 2. The second kappa shape index (κ2) is 5.27. The zero-order chi connectivity index (χ0) is 13.1. The molecule has 0 aromatic heterocycles. The Bertz CT molecular complexity index is 483. The predicted molar refractivity (Wildman–Crippen MR) is 69.7 cm³/mol. The van der Waals surface area contributed by atoms with Crippen LogP contribution in [-0.2, 0) is 10.0 Å². The number of nitrogens with one attached hydrogen (secondary N) is 1. The Kier molecular flexibility index (Phi) is 4.22. The normalized spacial score (nSPS) is 11.5. The number of nitrogens with two attached hydrogens (primary N) is 1. The van der Waals surface area contributed by atoms with Gasteiger partial charge in [-0.25, -0.2) is 8.42 Å². The molecule has 0 atom stereocenters. The molecule has 0 saturated heterocycles. The molecule has 1 aromatic carbocycles. The molecule has 0 aliphatic rings. The van der Waals surface area contributed by atoms with E-state index in [1.54, 1.807) is 18.2 Å². The molecule has 5 nitrogen and oxygen atoms in total. The van der Waals surface area contributed by atoms with Gasteiger partial charge in [0.25, 0.3) is 0 Å². The molecule has 0 bridgehead atoms. The van der Waals surface area contributed by atoms with Gasteiger partial charge < -0.3 is 10.5 Å². The third kappa shape index (κ3) is 4.14. The number of nitrogen functional groups attached to an aromatic ring is 1. The van der Waals surface area contributed by atoms with Crippen molar-refractivity contribution in [1.29, 1.82) is 0 Å². The average molecular weight is 258 g/mol. The minimum atomic E-state index is -3.35. The van der Waals surface area contributed by atoms with Crippen molar-refractivity contribution < 1.29 is 13.2 Å². The van der Waals surface area contributed by atoms with Crippen molar-refractivity contribution in [3.05, 3.63) is 18.2 Å². The lowest BCUT2D eigenvalue weighted by atomic mass is 10.2. The summed E-state index contributed by atoms with van der Waals surface area (Å²) in [6.07, 6.45) is 0. The standard InChI is InChI=1S/C11H18N2O3S/c1-8(2)7-17(14,15)13-11-5-4-9(16-3)6-10(11)12/h4-6,8,13H,7,12H2,1-3H3. The summed E-state index contributed by atoms with van der Waals surface area (Å²) in [5, 5.41) is 0. The molecule has 0 radical (unpaired) electrons. The summed E-state index contributed by atoms with van der Waals surface area (Å²) in [5.41, 5.74) is 6.45. The number of rotatable bonds is 5. The fraction of sp³-hybridized carbons (Fsp3) is 0.455. The van der Waals surface area contributed by atoms with E-state index in [0.29, 0.717) is 17.1 Å². The Balaban J connectivity index is 2.89. The maximum atomic E-state index is 11.7. The van der Waals surface area contributed by atoms with Crippen LogP contribution in [0, 0.1) is 5.92 Å². The maximum absolute atomic E-state index is 11.7. The SMILES string of the molecule is COc1ccc(NS(=O)(=O)CC(C)C)c(N)c1. The summed E-state index contributed by atoms with van der Waals surface area (Å²) in [7, 11) is -1.82. The second-order valence-electron chi connectivity index (χ2n) is 4.23. The minimum absolute atomic E-state index is 0.0620. The van der Waals surface area contributed by atoms with Crippen LogP contribution < -0.4 is 15.2 Å². The topological polar surface area (TPSA) is 81.4 Å². The van der Waals surface area contributed by atoms with E-state index in [-0.39, 0.29) is 11.7 Å². The Morgan fingerprint density at radius 3 is 2.53 bits per heavy atom. The molecule has 0 saturated carbocycles. The summed E-state index contributed by atoms with van der Waals surface area (Å²) < 4.78 is 30.9. The molecule has 0 heterocycles. The van der Waals surface area contributed by atoms with Crippen LogP contribution in [0.5, 0.6) is 5.75 Å². The molecule has 17 heavy (non-hydrogen) atoms. The molecule has 1 rings (SSSR count). The summed E-state index contributed by atoms with van der Waals surface area (Å²) in [5.74, 6) is 0.722. The molecule has 3 N–H and O–H groups in total. The number of hydrogen-bond donors (Lipinski definition) is 2. The molecule has 0 fully saturated rings. The Labute approximate surface area is 102 Å². The van der Waals surface area contributed by atoms with Crippen LogP contribution in [0.1, 0.15) is 13.8 Å². The summed E-state index contributed by atoms with van der Waals surface area (Å²) in [4.78, 5) is 0. The highest BCUT2D eigenvalue weighted by atomic mass is 32.2. The first-order chi connectivity index (χ1) is 7.84. The van der Waals surface area contributed by atoms with Crippen LogP contribution in [0.3, 0.4) is 0 Å². The number of methoxy groups -OCH3 is 1. The first-order valence-corrected chi connectivity index (χ1v) is 6.93. The predicted octanol–water partition coefficient (Wildman–Crippen LogP) is 1.68. The van der Waals surface area contributed by atoms with Crippen LogP contribution in [-0.4, -0.2) is 21.3 Å². The lowest BCUT2D eigenvalue weighted by molar-refractivity contribution is 0.415. The Morgan fingerprint density at radius 2 is 2.06 bits per heavy atom. The van der Waals surface area contributed by atoms with E-state index in [1.165, 1.54) is 7.11 Å². The fourth-order valence-corrected chi connectivity index (χ4v) is 2.89. The third-order valence-corrected chi connectivity index (χ3v) is 3.71. The van der Waals surface area contributed by atoms with Crippen molar-refractivity contribution in [1.82, 2.24) is 0 Å². The van der Waals surface area contributed by atoms with Gasteiger partial charge in [0.1, 0.15) is 5.75 Å². The third-order valence-electron chi connectivity index (χ3n) is 2.08. The Morgan fingerprint density at radius 1 is 1.41 bits per heavy atom. The molecular formula is C11H18N2O3S. The van der Waals surface area contributed by atoms with Gasteiger partial charge >= 0.3 is 0 Å². The largest absolute Gasteiger partial charge is 0.497 e. The highest BCUT2D eigenvalue weighted by Crippen LogP contribution is 2.25. The lowest BCUT2D eigenvalue weighted by Gasteiger charge is -2.12. The van der Waals surface area contributed by atoms with Crippen LogP contribution in [0.2, 0.25) is 0 Å². The summed E-state index contributed by atoms with van der Waals surface area (Å²) in [6.45, 7) is 3.69. The van der Waals surface area contributed by atoms with Gasteiger partial charge in [0, 0.05) is 6.07 Å². The van der Waals surface area contributed by atoms with E-state index in [0.717, 1.165) is 0 Å². The number of ether oxygens (including phenoxy) is 1. The van der Waals surface area contributed by atoms with Crippen LogP contribution >= 0.6 is 0 Å². The average Bonchev–Trinajstić information content (AvgIpc) is 2.18. The summed E-state index contributed by atoms with van der Waals surface area (Å²) >= 11 is 0. The zero-order valence-corrected chi connectivity index (χ0v) is 11.0. The molecule has 0 aliphatic heterocycles. The Hall–Kier alpha value is -1.43. The summed E-state index contributed by atoms with van der Waals surface area (Å²) in [6, 6.07) is 4.82. The second-order valence-corrected chi connectivity index (χ2v) is 6.00. The number of benzene rings is 1. The molecule has 6 heteroatoms. The van der Waals surface area contributed by atoms with E-state index in [4.69, 9.17) is 10.5 Å². The molecule has 1 aromatic rings.